The van der Waals surface area contributed by atoms with Gasteiger partial charge in [-0.1, -0.05) is 0 Å². The highest BCUT2D eigenvalue weighted by atomic mass is 32.2. The molecule has 7 heteroatoms. The van der Waals surface area contributed by atoms with E-state index in [9.17, 15) is 13.2 Å². The lowest BCUT2D eigenvalue weighted by Gasteiger charge is -2.36. The number of sulfonamides is 1. The van der Waals surface area contributed by atoms with Crippen LogP contribution in [0.15, 0.2) is 0 Å². The molecule has 1 heterocycles. The molecule has 1 aliphatic heterocycles. The number of rotatable bonds is 4. The summed E-state index contributed by atoms with van der Waals surface area (Å²) in [6, 6.07) is -0.0406. The molecule has 0 aliphatic carbocycles. The second-order valence-electron chi connectivity index (χ2n) is 6.61. The first-order valence-corrected chi connectivity index (χ1v) is 8.80. The predicted molar refractivity (Wildman–Crippen MR) is 80.0 cm³/mol. The average Bonchev–Trinajstić information content (AvgIpc) is 2.24. The van der Waals surface area contributed by atoms with Crippen LogP contribution >= 0.6 is 0 Å². The van der Waals surface area contributed by atoms with E-state index in [4.69, 9.17) is 0 Å². The van der Waals surface area contributed by atoms with Crippen molar-refractivity contribution in [2.24, 2.45) is 0 Å². The number of carbonyl (C=O) groups excluding carboxylic acids is 1. The van der Waals surface area contributed by atoms with Crippen molar-refractivity contribution in [3.8, 4) is 0 Å². The van der Waals surface area contributed by atoms with Crippen LogP contribution in [0.2, 0.25) is 0 Å². The van der Waals surface area contributed by atoms with Gasteiger partial charge in [0.1, 0.15) is 0 Å². The maximum absolute atomic E-state index is 11.9. The molecule has 1 amide bonds. The van der Waals surface area contributed by atoms with Gasteiger partial charge in [-0.15, -0.1) is 0 Å². The van der Waals surface area contributed by atoms with Gasteiger partial charge >= 0.3 is 0 Å². The highest BCUT2D eigenvalue weighted by molar-refractivity contribution is 7.88. The Hall–Kier alpha value is -0.660. The number of piperidine rings is 1. The molecule has 20 heavy (non-hydrogen) atoms. The fraction of sp³-hybridized carbons (Fsp3) is 0.923. The number of likely N-dealkylation sites (tertiary alicyclic amines) is 1. The van der Waals surface area contributed by atoms with Crippen molar-refractivity contribution in [2.75, 3.05) is 32.9 Å². The molecular weight excluding hydrogens is 278 g/mol. The molecule has 0 aromatic rings. The number of likely N-dealkylation sites (N-methyl/N-ethyl adjacent to an activating group) is 1. The minimum atomic E-state index is -3.18. The summed E-state index contributed by atoms with van der Waals surface area (Å²) in [4.78, 5) is 13.9. The van der Waals surface area contributed by atoms with Crippen LogP contribution in [0.5, 0.6) is 0 Å². The quantitative estimate of drug-likeness (QED) is 0.809. The fourth-order valence-electron chi connectivity index (χ4n) is 2.40. The van der Waals surface area contributed by atoms with E-state index in [1.807, 2.05) is 25.7 Å². The fourth-order valence-corrected chi connectivity index (χ4v) is 3.12. The molecular formula is C13H27N3O3S. The van der Waals surface area contributed by atoms with E-state index in [-0.39, 0.29) is 17.5 Å². The normalized spacial score (nSPS) is 22.0. The first-order chi connectivity index (χ1) is 8.99. The molecule has 0 saturated carbocycles. The van der Waals surface area contributed by atoms with E-state index >= 15 is 0 Å². The van der Waals surface area contributed by atoms with Crippen LogP contribution < -0.4 is 5.32 Å². The summed E-state index contributed by atoms with van der Waals surface area (Å²) in [5.41, 5.74) is -0.240. The molecule has 1 aliphatic rings. The van der Waals surface area contributed by atoms with E-state index < -0.39 is 10.0 Å². The number of hydrogen-bond donors (Lipinski definition) is 1. The van der Waals surface area contributed by atoms with Crippen LogP contribution in [0.1, 0.15) is 33.6 Å². The molecule has 0 bridgehead atoms. The summed E-state index contributed by atoms with van der Waals surface area (Å²) in [5, 5.41) is 2.93. The van der Waals surface area contributed by atoms with E-state index in [0.717, 1.165) is 19.4 Å². The van der Waals surface area contributed by atoms with E-state index in [1.54, 1.807) is 7.05 Å². The monoisotopic (exact) mass is 305 g/mol. The molecule has 1 rings (SSSR count). The molecule has 0 radical (unpaired) electrons. The highest BCUT2D eigenvalue weighted by Gasteiger charge is 2.29. The smallest absolute Gasteiger partial charge is 0.234 e. The lowest BCUT2D eigenvalue weighted by atomic mass is 10.1. The maximum atomic E-state index is 11.9. The van der Waals surface area contributed by atoms with E-state index in [2.05, 4.69) is 5.32 Å². The summed E-state index contributed by atoms with van der Waals surface area (Å²) in [5.74, 6) is -0.0137. The van der Waals surface area contributed by atoms with Gasteiger partial charge in [0.05, 0.1) is 12.8 Å². The van der Waals surface area contributed by atoms with Crippen molar-refractivity contribution in [3.05, 3.63) is 0 Å². The van der Waals surface area contributed by atoms with Crippen LogP contribution in [-0.2, 0) is 14.8 Å². The Morgan fingerprint density at radius 1 is 1.40 bits per heavy atom. The Bertz CT molecular complexity index is 442. The third kappa shape index (κ3) is 5.76. The van der Waals surface area contributed by atoms with Crippen molar-refractivity contribution >= 4 is 15.9 Å². The molecule has 1 N–H and O–H groups in total. The van der Waals surface area contributed by atoms with Gasteiger partial charge < -0.3 is 5.32 Å². The number of nitrogens with zero attached hydrogens (tertiary/aromatic N) is 2. The van der Waals surface area contributed by atoms with Gasteiger partial charge in [0.2, 0.25) is 15.9 Å². The van der Waals surface area contributed by atoms with Crippen molar-refractivity contribution in [2.45, 2.75) is 45.2 Å². The van der Waals surface area contributed by atoms with Gasteiger partial charge in [-0.2, -0.15) is 0 Å². The zero-order valence-corrected chi connectivity index (χ0v) is 14.0. The van der Waals surface area contributed by atoms with Crippen molar-refractivity contribution in [1.82, 2.24) is 14.5 Å². The Balaban J connectivity index is 2.55. The summed E-state index contributed by atoms with van der Waals surface area (Å²) in [7, 11) is -1.57. The number of carbonyl (C=O) groups is 1. The van der Waals surface area contributed by atoms with Gasteiger partial charge in [-0.3, -0.25) is 9.69 Å². The SMILES string of the molecule is CN(C1CCCN(CC(=O)NC(C)(C)C)C1)S(C)(=O)=O. The molecule has 0 spiro atoms. The van der Waals surface area contributed by atoms with E-state index in [1.165, 1.54) is 10.6 Å². The zero-order chi connectivity index (χ0) is 15.6. The lowest BCUT2D eigenvalue weighted by Crippen LogP contribution is -2.52. The van der Waals surface area contributed by atoms with Crippen LogP contribution in [0.3, 0.4) is 0 Å². The van der Waals surface area contributed by atoms with Gasteiger partial charge in [0.25, 0.3) is 0 Å². The molecule has 6 nitrogen and oxygen atoms in total. The molecule has 1 unspecified atom stereocenters. The Kier molecular flexibility index (Phi) is 5.57. The van der Waals surface area contributed by atoms with Crippen molar-refractivity contribution < 1.29 is 13.2 Å². The lowest BCUT2D eigenvalue weighted by molar-refractivity contribution is -0.124. The second kappa shape index (κ2) is 6.41. The molecule has 0 aromatic heterocycles. The zero-order valence-electron chi connectivity index (χ0n) is 13.1. The minimum Gasteiger partial charge on any atom is -0.350 e. The third-order valence-corrected chi connectivity index (χ3v) is 4.74. The number of hydrogen-bond acceptors (Lipinski definition) is 4. The first kappa shape index (κ1) is 17.4. The van der Waals surface area contributed by atoms with Crippen LogP contribution in [0.25, 0.3) is 0 Å². The van der Waals surface area contributed by atoms with Crippen LogP contribution in [0.4, 0.5) is 0 Å². The van der Waals surface area contributed by atoms with Gasteiger partial charge in [0.15, 0.2) is 0 Å². The first-order valence-electron chi connectivity index (χ1n) is 6.95. The summed E-state index contributed by atoms with van der Waals surface area (Å²) in [6.45, 7) is 7.61. The summed E-state index contributed by atoms with van der Waals surface area (Å²) >= 11 is 0. The number of amides is 1. The molecule has 1 fully saturated rings. The van der Waals surface area contributed by atoms with Gasteiger partial charge in [-0.05, 0) is 40.2 Å². The van der Waals surface area contributed by atoms with Crippen molar-refractivity contribution in [3.63, 3.8) is 0 Å². The van der Waals surface area contributed by atoms with Gasteiger partial charge in [-0.25, -0.2) is 12.7 Å². The standard InChI is InChI=1S/C13H27N3O3S/c1-13(2,3)14-12(17)10-16-8-6-7-11(9-16)15(4)20(5,18)19/h11H,6-10H2,1-5H3,(H,14,17). The Morgan fingerprint density at radius 2 is 2.00 bits per heavy atom. The Labute approximate surface area is 122 Å². The molecule has 118 valence electrons. The second-order valence-corrected chi connectivity index (χ2v) is 8.65. The molecule has 1 saturated heterocycles. The third-order valence-electron chi connectivity index (χ3n) is 3.40. The summed E-state index contributed by atoms with van der Waals surface area (Å²) < 4.78 is 24.6. The Morgan fingerprint density at radius 3 is 2.50 bits per heavy atom. The number of nitrogens with one attached hydrogen (secondary N) is 1. The summed E-state index contributed by atoms with van der Waals surface area (Å²) in [6.07, 6.45) is 2.98. The minimum absolute atomic E-state index is 0.0137. The largest absolute Gasteiger partial charge is 0.350 e. The van der Waals surface area contributed by atoms with Gasteiger partial charge in [0, 0.05) is 25.2 Å². The van der Waals surface area contributed by atoms with E-state index in [0.29, 0.717) is 13.1 Å². The maximum Gasteiger partial charge on any atom is 0.234 e. The molecule has 1 atom stereocenters. The average molecular weight is 305 g/mol. The predicted octanol–water partition coefficient (Wildman–Crippen LogP) is 0.257. The van der Waals surface area contributed by atoms with Crippen LogP contribution in [-0.4, -0.2) is 68.0 Å². The molecule has 0 aromatic carbocycles. The topological polar surface area (TPSA) is 69.7 Å². The van der Waals surface area contributed by atoms with Crippen molar-refractivity contribution in [1.29, 1.82) is 0 Å². The van der Waals surface area contributed by atoms with Crippen LogP contribution in [0, 0.1) is 0 Å². The highest BCUT2D eigenvalue weighted by Crippen LogP contribution is 2.16.